The van der Waals surface area contributed by atoms with E-state index in [4.69, 9.17) is 4.99 Å². The van der Waals surface area contributed by atoms with Crippen LogP contribution in [0.25, 0.3) is 22.0 Å². The molecule has 0 bridgehead atoms. The van der Waals surface area contributed by atoms with Gasteiger partial charge in [0.15, 0.2) is 0 Å². The molecule has 3 aromatic rings. The Kier molecular flexibility index (Phi) is 3.50. The number of fused-ring (bicyclic) bond motifs is 1. The molecule has 2 aromatic carbocycles. The molecule has 29 heavy (non-hydrogen) atoms. The van der Waals surface area contributed by atoms with E-state index >= 15 is 0 Å². The number of H-pyrrole nitrogens is 1. The van der Waals surface area contributed by atoms with Crippen molar-refractivity contribution >= 4 is 22.6 Å². The summed E-state index contributed by atoms with van der Waals surface area (Å²) in [6.07, 6.45) is 3.62. The molecule has 0 radical (unpaired) electrons. The fourth-order valence-electron chi connectivity index (χ4n) is 4.43. The van der Waals surface area contributed by atoms with Crippen LogP contribution in [0.15, 0.2) is 47.6 Å². The van der Waals surface area contributed by atoms with Gasteiger partial charge >= 0.3 is 0 Å². The van der Waals surface area contributed by atoms with Gasteiger partial charge in [0.2, 0.25) is 0 Å². The van der Waals surface area contributed by atoms with Gasteiger partial charge in [-0.1, -0.05) is 24.3 Å². The Balaban J connectivity index is 1.36. The van der Waals surface area contributed by atoms with Crippen molar-refractivity contribution in [1.29, 1.82) is 0 Å². The highest BCUT2D eigenvalue weighted by Crippen LogP contribution is 2.46. The first-order valence-corrected chi connectivity index (χ1v) is 10.3. The first-order valence-electron chi connectivity index (χ1n) is 10.3. The second-order valence-corrected chi connectivity index (χ2v) is 8.61. The van der Waals surface area contributed by atoms with Crippen molar-refractivity contribution in [2.24, 2.45) is 10.9 Å². The van der Waals surface area contributed by atoms with Gasteiger partial charge in [-0.3, -0.25) is 19.8 Å². The zero-order valence-corrected chi connectivity index (χ0v) is 16.4. The third-order valence-electron chi connectivity index (χ3n) is 6.49. The SMILES string of the molecule is Cc1cc(-c2ccc3[nH]ncc3c2)ccc1C1=NC2(CC2)C(=O)N1CC1CNC1. The lowest BCUT2D eigenvalue weighted by Crippen LogP contribution is -2.50. The van der Waals surface area contributed by atoms with Gasteiger partial charge in [0, 0.05) is 36.5 Å². The van der Waals surface area contributed by atoms with Crippen molar-refractivity contribution in [1.82, 2.24) is 20.4 Å². The van der Waals surface area contributed by atoms with E-state index in [2.05, 4.69) is 58.8 Å². The van der Waals surface area contributed by atoms with E-state index in [1.165, 1.54) is 0 Å². The molecule has 3 heterocycles. The normalized spacial score (nSPS) is 20.4. The highest BCUT2D eigenvalue weighted by molar-refractivity contribution is 6.17. The Bertz CT molecular complexity index is 1170. The van der Waals surface area contributed by atoms with Crippen molar-refractivity contribution in [2.75, 3.05) is 19.6 Å². The van der Waals surface area contributed by atoms with Crippen LogP contribution in [-0.2, 0) is 4.79 Å². The number of carbonyl (C=O) groups is 1. The molecule has 2 fully saturated rings. The van der Waals surface area contributed by atoms with Crippen LogP contribution in [0.5, 0.6) is 0 Å². The second-order valence-electron chi connectivity index (χ2n) is 8.61. The summed E-state index contributed by atoms with van der Waals surface area (Å²) in [7, 11) is 0. The first-order chi connectivity index (χ1) is 14.1. The number of amidine groups is 1. The van der Waals surface area contributed by atoms with Gasteiger partial charge in [0.25, 0.3) is 5.91 Å². The van der Waals surface area contributed by atoms with E-state index in [1.807, 2.05) is 11.1 Å². The fourth-order valence-corrected chi connectivity index (χ4v) is 4.43. The third-order valence-corrected chi connectivity index (χ3v) is 6.49. The molecule has 1 amide bonds. The molecule has 1 saturated heterocycles. The molecule has 6 nitrogen and oxygen atoms in total. The molecule has 1 spiro atoms. The summed E-state index contributed by atoms with van der Waals surface area (Å²) in [6, 6.07) is 12.8. The molecule has 0 unspecified atom stereocenters. The number of nitrogens with zero attached hydrogens (tertiary/aromatic N) is 3. The third kappa shape index (κ3) is 2.63. The standard InChI is InChI=1S/C23H23N5O/c1-14-8-16(17-3-5-20-18(9-17)12-25-27-20)2-4-19(14)21-26-23(6-7-23)22(29)28(21)13-15-10-24-11-15/h2-5,8-9,12,15,24H,6-7,10-11,13H2,1H3,(H,25,27). The predicted molar refractivity (Wildman–Crippen MR) is 113 cm³/mol. The molecule has 2 N–H and O–H groups in total. The van der Waals surface area contributed by atoms with Crippen LogP contribution in [0.3, 0.4) is 0 Å². The summed E-state index contributed by atoms with van der Waals surface area (Å²) in [5.74, 6) is 1.60. The summed E-state index contributed by atoms with van der Waals surface area (Å²) in [5, 5.41) is 11.5. The van der Waals surface area contributed by atoms with E-state index < -0.39 is 5.54 Å². The average molecular weight is 385 g/mol. The highest BCUT2D eigenvalue weighted by atomic mass is 16.2. The lowest BCUT2D eigenvalue weighted by Gasteiger charge is -2.32. The van der Waals surface area contributed by atoms with E-state index in [9.17, 15) is 4.79 Å². The predicted octanol–water partition coefficient (Wildman–Crippen LogP) is 2.88. The number of rotatable bonds is 4. The number of benzene rings is 2. The lowest BCUT2D eigenvalue weighted by atomic mass is 9.97. The zero-order valence-electron chi connectivity index (χ0n) is 16.4. The Labute approximate surface area is 169 Å². The van der Waals surface area contributed by atoms with Gasteiger partial charge < -0.3 is 5.32 Å². The molecule has 6 heteroatoms. The molecular formula is C23H23N5O. The zero-order chi connectivity index (χ0) is 19.6. The molecule has 1 saturated carbocycles. The minimum atomic E-state index is -0.454. The van der Waals surface area contributed by atoms with Gasteiger partial charge in [-0.2, -0.15) is 5.10 Å². The number of amides is 1. The van der Waals surface area contributed by atoms with Crippen molar-refractivity contribution in [3.63, 3.8) is 0 Å². The minimum absolute atomic E-state index is 0.202. The highest BCUT2D eigenvalue weighted by Gasteiger charge is 2.57. The maximum absolute atomic E-state index is 13.0. The van der Waals surface area contributed by atoms with Crippen molar-refractivity contribution < 1.29 is 4.79 Å². The minimum Gasteiger partial charge on any atom is -0.316 e. The van der Waals surface area contributed by atoms with E-state index in [-0.39, 0.29) is 5.91 Å². The van der Waals surface area contributed by atoms with E-state index in [0.717, 1.165) is 71.5 Å². The summed E-state index contributed by atoms with van der Waals surface area (Å²) in [6.45, 7) is 4.85. The second kappa shape index (κ2) is 6.00. The van der Waals surface area contributed by atoms with Crippen LogP contribution in [0.2, 0.25) is 0 Å². The summed E-state index contributed by atoms with van der Waals surface area (Å²) >= 11 is 0. The molecule has 2 aliphatic heterocycles. The van der Waals surface area contributed by atoms with Crippen molar-refractivity contribution in [3.05, 3.63) is 53.7 Å². The van der Waals surface area contributed by atoms with Crippen molar-refractivity contribution in [2.45, 2.75) is 25.3 Å². The summed E-state index contributed by atoms with van der Waals surface area (Å²) < 4.78 is 0. The average Bonchev–Trinajstić information content (AvgIpc) is 3.23. The topological polar surface area (TPSA) is 73.4 Å². The maximum Gasteiger partial charge on any atom is 0.256 e. The summed E-state index contributed by atoms with van der Waals surface area (Å²) in [5.41, 5.74) is 5.13. The molecule has 3 aliphatic rings. The molecule has 6 rings (SSSR count). The summed E-state index contributed by atoms with van der Waals surface area (Å²) in [4.78, 5) is 19.9. The molecule has 1 aromatic heterocycles. The quantitative estimate of drug-likeness (QED) is 0.725. The number of hydrogen-bond donors (Lipinski definition) is 2. The molecular weight excluding hydrogens is 362 g/mol. The van der Waals surface area contributed by atoms with Crippen LogP contribution >= 0.6 is 0 Å². The number of nitrogens with one attached hydrogen (secondary N) is 2. The number of hydrogen-bond acceptors (Lipinski definition) is 4. The van der Waals surface area contributed by atoms with Crippen LogP contribution in [0.1, 0.15) is 24.0 Å². The van der Waals surface area contributed by atoms with Crippen LogP contribution in [-0.4, -0.2) is 52.0 Å². The first kappa shape index (κ1) is 16.9. The number of aromatic nitrogens is 2. The van der Waals surface area contributed by atoms with Gasteiger partial charge in [0.1, 0.15) is 11.4 Å². The van der Waals surface area contributed by atoms with E-state index in [1.54, 1.807) is 0 Å². The number of aryl methyl sites for hydroxylation is 1. The smallest absolute Gasteiger partial charge is 0.256 e. The van der Waals surface area contributed by atoms with Gasteiger partial charge in [-0.15, -0.1) is 0 Å². The molecule has 1 aliphatic carbocycles. The van der Waals surface area contributed by atoms with Gasteiger partial charge in [0.05, 0.1) is 11.7 Å². The Morgan fingerprint density at radius 3 is 2.66 bits per heavy atom. The number of aliphatic imine (C=N–C) groups is 1. The van der Waals surface area contributed by atoms with Crippen LogP contribution in [0, 0.1) is 12.8 Å². The maximum atomic E-state index is 13.0. The number of aromatic amines is 1. The lowest BCUT2D eigenvalue weighted by molar-refractivity contribution is -0.128. The Morgan fingerprint density at radius 2 is 1.93 bits per heavy atom. The van der Waals surface area contributed by atoms with Crippen LogP contribution < -0.4 is 5.32 Å². The fraction of sp³-hybridized carbons (Fsp3) is 0.348. The largest absolute Gasteiger partial charge is 0.316 e. The monoisotopic (exact) mass is 385 g/mol. The molecule has 0 atom stereocenters. The number of carbonyl (C=O) groups excluding carboxylic acids is 1. The van der Waals surface area contributed by atoms with Gasteiger partial charge in [-0.25, -0.2) is 0 Å². The molecule has 146 valence electrons. The Morgan fingerprint density at radius 1 is 1.14 bits per heavy atom. The van der Waals surface area contributed by atoms with Crippen molar-refractivity contribution in [3.8, 4) is 11.1 Å². The van der Waals surface area contributed by atoms with Gasteiger partial charge in [-0.05, 0) is 48.6 Å². The van der Waals surface area contributed by atoms with Crippen LogP contribution in [0.4, 0.5) is 0 Å². The van der Waals surface area contributed by atoms with E-state index in [0.29, 0.717) is 5.92 Å². The Hall–Kier alpha value is -2.99.